The second kappa shape index (κ2) is 24.7. The second-order valence-electron chi connectivity index (χ2n) is 9.31. The lowest BCUT2D eigenvalue weighted by Gasteiger charge is -2.10. The van der Waals surface area contributed by atoms with E-state index in [1.165, 1.54) is 122 Å². The lowest BCUT2D eigenvalue weighted by molar-refractivity contribution is -0.124. The van der Waals surface area contributed by atoms with Crippen LogP contribution < -0.4 is 5.32 Å². The number of carbonyl (C=O) groups excluding carboxylic acids is 1. The fourth-order valence-electron chi connectivity index (χ4n) is 4.08. The van der Waals surface area contributed by atoms with Crippen molar-refractivity contribution in [2.75, 3.05) is 0 Å². The number of hydrogen-bond donors (Lipinski definition) is 2. The quantitative estimate of drug-likeness (QED) is 0.120. The molecule has 0 rings (SSSR count). The predicted octanol–water partition coefficient (Wildman–Crippen LogP) is 8.43. The average molecular weight is 426 g/mol. The van der Waals surface area contributed by atoms with Gasteiger partial charge in [-0.1, -0.05) is 142 Å². The van der Waals surface area contributed by atoms with Crippen LogP contribution in [0.15, 0.2) is 0 Å². The van der Waals surface area contributed by atoms with Gasteiger partial charge in [0.25, 0.3) is 0 Å². The second-order valence-corrected chi connectivity index (χ2v) is 9.31. The molecule has 3 nitrogen and oxygen atoms in total. The highest BCUT2D eigenvalue weighted by molar-refractivity contribution is 5.75. The molecule has 180 valence electrons. The van der Waals surface area contributed by atoms with Gasteiger partial charge < -0.3 is 10.4 Å². The number of hydrogen-bond acceptors (Lipinski definition) is 2. The van der Waals surface area contributed by atoms with Crippen LogP contribution in [-0.2, 0) is 4.79 Å². The Balaban J connectivity index is 3.09. The minimum absolute atomic E-state index is 0.0119. The molecular formula is C27H55NO2. The van der Waals surface area contributed by atoms with E-state index in [4.69, 9.17) is 0 Å². The van der Waals surface area contributed by atoms with Gasteiger partial charge in [-0.15, -0.1) is 0 Å². The van der Waals surface area contributed by atoms with E-state index in [1.54, 1.807) is 0 Å². The van der Waals surface area contributed by atoms with Crippen LogP contribution in [0.5, 0.6) is 0 Å². The third kappa shape index (κ3) is 23.7. The molecule has 0 aliphatic carbocycles. The summed E-state index contributed by atoms with van der Waals surface area (Å²) >= 11 is 0. The van der Waals surface area contributed by atoms with Gasteiger partial charge in [-0.3, -0.25) is 4.79 Å². The molecule has 0 aromatic heterocycles. The Hall–Kier alpha value is -0.570. The minimum atomic E-state index is -0.674. The van der Waals surface area contributed by atoms with E-state index in [0.717, 1.165) is 12.8 Å². The van der Waals surface area contributed by atoms with E-state index in [-0.39, 0.29) is 5.91 Å². The summed E-state index contributed by atoms with van der Waals surface area (Å²) < 4.78 is 0. The van der Waals surface area contributed by atoms with E-state index in [2.05, 4.69) is 12.2 Å². The number of nitrogens with one attached hydrogen (secondary N) is 1. The first kappa shape index (κ1) is 29.4. The molecule has 0 aliphatic rings. The Kier molecular flexibility index (Phi) is 24.2. The maximum atomic E-state index is 11.5. The Morgan fingerprint density at radius 1 is 0.567 bits per heavy atom. The molecule has 0 saturated carbocycles. The summed E-state index contributed by atoms with van der Waals surface area (Å²) in [6, 6.07) is 0. The zero-order chi connectivity index (χ0) is 22.1. The van der Waals surface area contributed by atoms with Crippen LogP contribution in [0.3, 0.4) is 0 Å². The van der Waals surface area contributed by atoms with Crippen LogP contribution in [0.4, 0.5) is 0 Å². The number of aliphatic hydroxyl groups excluding tert-OH is 1. The van der Waals surface area contributed by atoms with Crippen molar-refractivity contribution in [3.8, 4) is 0 Å². The minimum Gasteiger partial charge on any atom is -0.374 e. The monoisotopic (exact) mass is 425 g/mol. The van der Waals surface area contributed by atoms with E-state index >= 15 is 0 Å². The van der Waals surface area contributed by atoms with Gasteiger partial charge in [0.1, 0.15) is 6.23 Å². The molecule has 0 aromatic rings. The van der Waals surface area contributed by atoms with Crippen molar-refractivity contribution >= 4 is 5.91 Å². The SMILES string of the molecule is CCCCCCCCCCCCCCCCCCCCCCCC(=O)NC(O)CC. The van der Waals surface area contributed by atoms with Crippen molar-refractivity contribution in [2.45, 2.75) is 168 Å². The summed E-state index contributed by atoms with van der Waals surface area (Å²) in [5.74, 6) is -0.0119. The van der Waals surface area contributed by atoms with Crippen LogP contribution in [0.1, 0.15) is 162 Å². The Morgan fingerprint density at radius 2 is 0.867 bits per heavy atom. The first-order valence-electron chi connectivity index (χ1n) is 13.7. The zero-order valence-electron chi connectivity index (χ0n) is 20.7. The first-order chi connectivity index (χ1) is 14.7. The van der Waals surface area contributed by atoms with E-state index in [1.807, 2.05) is 6.92 Å². The summed E-state index contributed by atoms with van der Waals surface area (Å²) in [5, 5.41) is 12.0. The van der Waals surface area contributed by atoms with Gasteiger partial charge >= 0.3 is 0 Å². The number of unbranched alkanes of at least 4 members (excludes halogenated alkanes) is 20. The largest absolute Gasteiger partial charge is 0.374 e. The molecule has 3 heteroatoms. The smallest absolute Gasteiger partial charge is 0.221 e. The Morgan fingerprint density at radius 3 is 1.17 bits per heavy atom. The third-order valence-corrected chi connectivity index (χ3v) is 6.22. The number of rotatable bonds is 24. The first-order valence-corrected chi connectivity index (χ1v) is 13.7. The highest BCUT2D eigenvalue weighted by atomic mass is 16.3. The molecule has 1 amide bonds. The number of amides is 1. The molecule has 1 atom stereocenters. The molecule has 0 aromatic carbocycles. The fraction of sp³-hybridized carbons (Fsp3) is 0.963. The summed E-state index contributed by atoms with van der Waals surface area (Å²) in [6.07, 6.45) is 29.3. The average Bonchev–Trinajstić information content (AvgIpc) is 2.74. The highest BCUT2D eigenvalue weighted by Gasteiger charge is 2.05. The van der Waals surface area contributed by atoms with Crippen molar-refractivity contribution in [3.05, 3.63) is 0 Å². The normalized spacial score (nSPS) is 12.2. The van der Waals surface area contributed by atoms with Crippen molar-refractivity contribution < 1.29 is 9.90 Å². The topological polar surface area (TPSA) is 49.3 Å². The van der Waals surface area contributed by atoms with Gasteiger partial charge in [-0.05, 0) is 12.8 Å². The molecule has 0 fully saturated rings. The van der Waals surface area contributed by atoms with Crippen LogP contribution >= 0.6 is 0 Å². The van der Waals surface area contributed by atoms with Gasteiger partial charge in [0, 0.05) is 6.42 Å². The van der Waals surface area contributed by atoms with Crippen LogP contribution in [0.25, 0.3) is 0 Å². The lowest BCUT2D eigenvalue weighted by atomic mass is 10.0. The van der Waals surface area contributed by atoms with Crippen molar-refractivity contribution in [2.24, 2.45) is 0 Å². The van der Waals surface area contributed by atoms with Gasteiger partial charge in [-0.2, -0.15) is 0 Å². The lowest BCUT2D eigenvalue weighted by Crippen LogP contribution is -2.33. The molecule has 0 bridgehead atoms. The number of aliphatic hydroxyl groups is 1. The molecule has 30 heavy (non-hydrogen) atoms. The molecule has 0 heterocycles. The number of carbonyl (C=O) groups is 1. The highest BCUT2D eigenvalue weighted by Crippen LogP contribution is 2.15. The standard InChI is InChI=1S/C27H55NO2/c1-3-5-6-7-8-9-10-11-12-13-14-15-16-17-18-19-20-21-22-23-24-25-27(30)28-26(29)4-2/h26,29H,3-25H2,1-2H3,(H,28,30). The van der Waals surface area contributed by atoms with Gasteiger partial charge in [0.2, 0.25) is 5.91 Å². The summed E-state index contributed by atoms with van der Waals surface area (Å²) in [6.45, 7) is 4.15. The Labute approximate surface area is 189 Å². The zero-order valence-corrected chi connectivity index (χ0v) is 20.7. The molecule has 0 radical (unpaired) electrons. The van der Waals surface area contributed by atoms with Gasteiger partial charge in [0.15, 0.2) is 0 Å². The van der Waals surface area contributed by atoms with Gasteiger partial charge in [0.05, 0.1) is 0 Å². The maximum Gasteiger partial charge on any atom is 0.221 e. The molecule has 0 spiro atoms. The van der Waals surface area contributed by atoms with Crippen LogP contribution in [0.2, 0.25) is 0 Å². The van der Waals surface area contributed by atoms with Crippen molar-refractivity contribution in [3.63, 3.8) is 0 Å². The third-order valence-electron chi connectivity index (χ3n) is 6.22. The molecule has 1 unspecified atom stereocenters. The van der Waals surface area contributed by atoms with Crippen molar-refractivity contribution in [1.29, 1.82) is 0 Å². The summed E-state index contributed by atoms with van der Waals surface area (Å²) in [7, 11) is 0. The molecular weight excluding hydrogens is 370 g/mol. The molecule has 2 N–H and O–H groups in total. The van der Waals surface area contributed by atoms with E-state index in [0.29, 0.717) is 12.8 Å². The molecule has 0 aliphatic heterocycles. The van der Waals surface area contributed by atoms with Gasteiger partial charge in [-0.25, -0.2) is 0 Å². The van der Waals surface area contributed by atoms with E-state index in [9.17, 15) is 9.90 Å². The molecule has 0 saturated heterocycles. The fourth-order valence-corrected chi connectivity index (χ4v) is 4.08. The maximum absolute atomic E-state index is 11.5. The summed E-state index contributed by atoms with van der Waals surface area (Å²) in [4.78, 5) is 11.5. The summed E-state index contributed by atoms with van der Waals surface area (Å²) in [5.41, 5.74) is 0. The van der Waals surface area contributed by atoms with Crippen LogP contribution in [0, 0.1) is 0 Å². The predicted molar refractivity (Wildman–Crippen MR) is 132 cm³/mol. The van der Waals surface area contributed by atoms with E-state index < -0.39 is 6.23 Å². The Bertz CT molecular complexity index is 346. The van der Waals surface area contributed by atoms with Crippen LogP contribution in [-0.4, -0.2) is 17.2 Å². The van der Waals surface area contributed by atoms with Crippen molar-refractivity contribution in [1.82, 2.24) is 5.32 Å².